The molecule has 5 aromatic heterocycles. The average Bonchev–Trinajstić information content (AvgIpc) is 3.65. The summed E-state index contributed by atoms with van der Waals surface area (Å²) in [5.41, 5.74) is 2.82. The average molecular weight is 476 g/mol. The van der Waals surface area contributed by atoms with Crippen LogP contribution in [-0.4, -0.2) is 30.7 Å². The molecule has 0 amide bonds. The first kappa shape index (κ1) is 22.9. The van der Waals surface area contributed by atoms with Crippen LogP contribution in [0.3, 0.4) is 0 Å². The number of hydrogen-bond acceptors (Lipinski definition) is 8. The number of hydrogen-bond donors (Lipinski definition) is 0. The molecule has 0 aromatic carbocycles. The number of furan rings is 2. The lowest BCUT2D eigenvalue weighted by atomic mass is 10.1. The van der Waals surface area contributed by atoms with Crippen LogP contribution >= 0.6 is 0 Å². The molecule has 0 aliphatic heterocycles. The van der Waals surface area contributed by atoms with Crippen LogP contribution in [0.4, 0.5) is 0 Å². The Hall–Kier alpha value is -3.85. The molecule has 0 fully saturated rings. The van der Waals surface area contributed by atoms with E-state index in [1.807, 2.05) is 55.9 Å². The summed E-state index contributed by atoms with van der Waals surface area (Å²) in [5, 5.41) is 4.54. The van der Waals surface area contributed by atoms with Gasteiger partial charge in [-0.2, -0.15) is 5.10 Å². The van der Waals surface area contributed by atoms with Gasteiger partial charge in [-0.1, -0.05) is 0 Å². The predicted octanol–water partition coefficient (Wildman–Crippen LogP) is 5.96. The van der Waals surface area contributed by atoms with Gasteiger partial charge in [-0.3, -0.25) is 9.58 Å². The second kappa shape index (κ2) is 9.42. The number of aromatic nitrogens is 4. The summed E-state index contributed by atoms with van der Waals surface area (Å²) < 4.78 is 24.8. The lowest BCUT2D eigenvalue weighted by Gasteiger charge is -2.32. The van der Waals surface area contributed by atoms with Crippen molar-refractivity contribution < 1.29 is 17.7 Å². The zero-order valence-electron chi connectivity index (χ0n) is 20.6. The summed E-state index contributed by atoms with van der Waals surface area (Å²) in [7, 11) is 0. The SMILES string of the molecule is Cc1cnn([C@H](C)[C@H](C)N(Cc2nc(-c3ccco3)oc2C)Cc2nc(-c3ccco3)oc2C)c1. The zero-order chi connectivity index (χ0) is 24.5. The molecule has 5 rings (SSSR count). The fourth-order valence-corrected chi connectivity index (χ4v) is 4.07. The van der Waals surface area contributed by atoms with E-state index in [4.69, 9.17) is 27.6 Å². The van der Waals surface area contributed by atoms with Crippen molar-refractivity contribution >= 4 is 0 Å². The normalized spacial score (nSPS) is 13.5. The van der Waals surface area contributed by atoms with Gasteiger partial charge in [-0.15, -0.1) is 0 Å². The highest BCUT2D eigenvalue weighted by Gasteiger charge is 2.27. The minimum absolute atomic E-state index is 0.0978. The third kappa shape index (κ3) is 4.72. The van der Waals surface area contributed by atoms with Gasteiger partial charge in [0.2, 0.25) is 0 Å². The Morgan fingerprint density at radius 3 is 1.83 bits per heavy atom. The molecule has 5 heterocycles. The maximum atomic E-state index is 5.92. The Kier molecular flexibility index (Phi) is 6.17. The number of nitrogens with zero attached hydrogens (tertiary/aromatic N) is 5. The smallest absolute Gasteiger partial charge is 0.263 e. The molecule has 0 aliphatic rings. The molecule has 0 N–H and O–H groups in total. The summed E-state index contributed by atoms with van der Waals surface area (Å²) in [6.45, 7) is 11.4. The first-order valence-corrected chi connectivity index (χ1v) is 11.6. The summed E-state index contributed by atoms with van der Waals surface area (Å²) in [6.07, 6.45) is 7.16. The Morgan fingerprint density at radius 2 is 1.40 bits per heavy atom. The summed E-state index contributed by atoms with van der Waals surface area (Å²) in [5.74, 6) is 3.67. The van der Waals surface area contributed by atoms with E-state index in [1.54, 1.807) is 12.5 Å². The third-order valence-corrected chi connectivity index (χ3v) is 6.38. The van der Waals surface area contributed by atoms with Gasteiger partial charge in [0.1, 0.15) is 11.5 Å². The summed E-state index contributed by atoms with van der Waals surface area (Å²) >= 11 is 0. The summed E-state index contributed by atoms with van der Waals surface area (Å²) in [4.78, 5) is 11.8. The van der Waals surface area contributed by atoms with Gasteiger partial charge in [0.25, 0.3) is 11.8 Å². The Balaban J connectivity index is 1.45. The van der Waals surface area contributed by atoms with Crippen LogP contribution in [0.2, 0.25) is 0 Å². The first-order chi connectivity index (χ1) is 16.9. The lowest BCUT2D eigenvalue weighted by Crippen LogP contribution is -2.38. The van der Waals surface area contributed by atoms with Gasteiger partial charge in [-0.25, -0.2) is 9.97 Å². The number of aryl methyl sites for hydroxylation is 3. The molecule has 35 heavy (non-hydrogen) atoms. The van der Waals surface area contributed by atoms with E-state index in [9.17, 15) is 0 Å². The van der Waals surface area contributed by atoms with E-state index < -0.39 is 0 Å². The van der Waals surface area contributed by atoms with Gasteiger partial charge < -0.3 is 17.7 Å². The van der Waals surface area contributed by atoms with E-state index >= 15 is 0 Å². The van der Waals surface area contributed by atoms with Crippen LogP contribution in [-0.2, 0) is 13.1 Å². The van der Waals surface area contributed by atoms with Crippen molar-refractivity contribution in [3.63, 3.8) is 0 Å². The molecular formula is C26H29N5O4. The lowest BCUT2D eigenvalue weighted by molar-refractivity contribution is 0.137. The summed E-state index contributed by atoms with van der Waals surface area (Å²) in [6, 6.07) is 7.53. The maximum Gasteiger partial charge on any atom is 0.263 e. The highest BCUT2D eigenvalue weighted by Crippen LogP contribution is 2.28. The quantitative estimate of drug-likeness (QED) is 0.258. The molecule has 9 heteroatoms. The largest absolute Gasteiger partial charge is 0.459 e. The molecular weight excluding hydrogens is 446 g/mol. The molecule has 0 saturated carbocycles. The fourth-order valence-electron chi connectivity index (χ4n) is 4.07. The van der Waals surface area contributed by atoms with Gasteiger partial charge >= 0.3 is 0 Å². The van der Waals surface area contributed by atoms with Gasteiger partial charge in [0.15, 0.2) is 11.5 Å². The van der Waals surface area contributed by atoms with E-state index in [2.05, 4.69) is 30.0 Å². The molecule has 0 unspecified atom stereocenters. The van der Waals surface area contributed by atoms with E-state index in [-0.39, 0.29) is 12.1 Å². The molecule has 2 atom stereocenters. The molecule has 182 valence electrons. The Labute approximate surface area is 203 Å². The van der Waals surface area contributed by atoms with Crippen LogP contribution in [0.1, 0.15) is 48.4 Å². The van der Waals surface area contributed by atoms with Crippen LogP contribution in [0.25, 0.3) is 23.3 Å². The molecule has 0 bridgehead atoms. The van der Waals surface area contributed by atoms with Crippen LogP contribution in [0.15, 0.2) is 66.9 Å². The highest BCUT2D eigenvalue weighted by molar-refractivity contribution is 5.45. The minimum Gasteiger partial charge on any atom is -0.459 e. The van der Waals surface area contributed by atoms with Crippen molar-refractivity contribution in [1.82, 2.24) is 24.6 Å². The second-order valence-corrected chi connectivity index (χ2v) is 8.88. The first-order valence-electron chi connectivity index (χ1n) is 11.6. The monoisotopic (exact) mass is 475 g/mol. The maximum absolute atomic E-state index is 5.92. The van der Waals surface area contributed by atoms with E-state index in [0.717, 1.165) is 28.5 Å². The highest BCUT2D eigenvalue weighted by atomic mass is 16.4. The molecule has 0 saturated heterocycles. The van der Waals surface area contributed by atoms with E-state index in [1.165, 1.54) is 0 Å². The van der Waals surface area contributed by atoms with Crippen molar-refractivity contribution in [3.05, 3.63) is 77.7 Å². The molecule has 0 spiro atoms. The molecule has 9 nitrogen and oxygen atoms in total. The molecule has 5 aromatic rings. The zero-order valence-corrected chi connectivity index (χ0v) is 20.6. The van der Waals surface area contributed by atoms with Gasteiger partial charge in [-0.05, 0) is 64.4 Å². The number of oxazole rings is 2. The van der Waals surface area contributed by atoms with Crippen LogP contribution < -0.4 is 0 Å². The van der Waals surface area contributed by atoms with Crippen molar-refractivity contribution in [1.29, 1.82) is 0 Å². The molecule has 0 aliphatic carbocycles. The van der Waals surface area contributed by atoms with Crippen LogP contribution in [0, 0.1) is 20.8 Å². The number of rotatable bonds is 9. The second-order valence-electron chi connectivity index (χ2n) is 8.88. The van der Waals surface area contributed by atoms with Gasteiger partial charge in [0.05, 0.1) is 36.2 Å². The fraction of sp³-hybridized carbons (Fsp3) is 0.346. The van der Waals surface area contributed by atoms with Gasteiger partial charge in [0, 0.05) is 25.3 Å². The van der Waals surface area contributed by atoms with Crippen molar-refractivity contribution in [2.24, 2.45) is 0 Å². The van der Waals surface area contributed by atoms with Crippen molar-refractivity contribution in [2.75, 3.05) is 0 Å². The Bertz CT molecular complexity index is 1300. The van der Waals surface area contributed by atoms with Crippen LogP contribution in [0.5, 0.6) is 0 Å². The van der Waals surface area contributed by atoms with E-state index in [0.29, 0.717) is 36.4 Å². The third-order valence-electron chi connectivity index (χ3n) is 6.38. The topological polar surface area (TPSA) is 99.4 Å². The van der Waals surface area contributed by atoms with Crippen molar-refractivity contribution in [2.45, 2.75) is 59.8 Å². The van der Waals surface area contributed by atoms with Crippen molar-refractivity contribution in [3.8, 4) is 23.3 Å². The minimum atomic E-state index is 0.0978. The molecule has 0 radical (unpaired) electrons. The standard InChI is InChI=1S/C26H29N5O4/c1-16-12-27-31(13-16)18(3)17(2)30(14-21-19(4)34-25(28-21)23-8-6-10-32-23)15-22-20(5)35-26(29-22)24-9-7-11-33-24/h6-13,17-18H,14-15H2,1-5H3/t17-,18+/m0/s1. The predicted molar refractivity (Wildman–Crippen MR) is 128 cm³/mol. The Morgan fingerprint density at radius 1 is 0.857 bits per heavy atom.